The summed E-state index contributed by atoms with van der Waals surface area (Å²) in [5.41, 5.74) is 0.495. The van der Waals surface area contributed by atoms with Crippen molar-refractivity contribution in [1.82, 2.24) is 0 Å². The average Bonchev–Trinajstić information content (AvgIpc) is 2.30. The molecule has 0 unspecified atom stereocenters. The van der Waals surface area contributed by atoms with E-state index in [2.05, 4.69) is 6.92 Å². The van der Waals surface area contributed by atoms with Gasteiger partial charge in [0.15, 0.2) is 0 Å². The molecule has 0 saturated heterocycles. The van der Waals surface area contributed by atoms with Gasteiger partial charge in [-0.1, -0.05) is 13.3 Å². The molecule has 2 nitrogen and oxygen atoms in total. The summed E-state index contributed by atoms with van der Waals surface area (Å²) >= 11 is 0. The molecule has 0 aromatic carbocycles. The number of rotatable bonds is 3. The Kier molecular flexibility index (Phi) is 2.78. The van der Waals surface area contributed by atoms with Crippen molar-refractivity contribution in [2.24, 2.45) is 10.8 Å². The molecule has 86 valence electrons. The third kappa shape index (κ3) is 1.68. The lowest BCUT2D eigenvalue weighted by atomic mass is 9.52. The van der Waals surface area contributed by atoms with Gasteiger partial charge in [-0.15, -0.1) is 0 Å². The molecule has 3 rings (SSSR count). The molecule has 0 atom stereocenters. The summed E-state index contributed by atoms with van der Waals surface area (Å²) in [5.74, 6) is 0.0484. The fraction of sp³-hybridized carbons (Fsp3) is 0.923. The predicted molar refractivity (Wildman–Crippen MR) is 59.5 cm³/mol. The number of fused-ring (bicyclic) bond motifs is 3. The van der Waals surface area contributed by atoms with Crippen LogP contribution in [0, 0.1) is 10.8 Å². The average molecular weight is 210 g/mol. The van der Waals surface area contributed by atoms with Crippen molar-refractivity contribution >= 4 is 5.97 Å². The van der Waals surface area contributed by atoms with Crippen LogP contribution in [0.3, 0.4) is 0 Å². The molecule has 0 amide bonds. The Labute approximate surface area is 92.4 Å². The number of ether oxygens (including phenoxy) is 1. The first-order valence-electron chi connectivity index (χ1n) is 6.25. The third-order valence-corrected chi connectivity index (χ3v) is 4.80. The molecule has 0 aliphatic heterocycles. The zero-order valence-corrected chi connectivity index (χ0v) is 9.97. The maximum atomic E-state index is 11.8. The summed E-state index contributed by atoms with van der Waals surface area (Å²) in [6.07, 6.45) is 9.58. The van der Waals surface area contributed by atoms with Crippen LogP contribution in [0.25, 0.3) is 0 Å². The lowest BCUT2D eigenvalue weighted by Crippen LogP contribution is -2.46. The van der Waals surface area contributed by atoms with Crippen molar-refractivity contribution in [3.05, 3.63) is 0 Å². The van der Waals surface area contributed by atoms with E-state index in [1.165, 1.54) is 39.2 Å². The molecule has 0 aromatic rings. The second kappa shape index (κ2) is 3.80. The van der Waals surface area contributed by atoms with E-state index in [1.807, 2.05) is 0 Å². The van der Waals surface area contributed by atoms with Crippen LogP contribution >= 0.6 is 0 Å². The number of methoxy groups -OCH3 is 1. The van der Waals surface area contributed by atoms with Gasteiger partial charge >= 0.3 is 5.97 Å². The number of hydrogen-bond acceptors (Lipinski definition) is 2. The summed E-state index contributed by atoms with van der Waals surface area (Å²) in [6.45, 7) is 2.27. The zero-order valence-electron chi connectivity index (χ0n) is 9.97. The van der Waals surface area contributed by atoms with Crippen LogP contribution in [0.4, 0.5) is 0 Å². The minimum Gasteiger partial charge on any atom is -0.469 e. The maximum Gasteiger partial charge on any atom is 0.311 e. The lowest BCUT2D eigenvalue weighted by Gasteiger charge is -2.52. The lowest BCUT2D eigenvalue weighted by molar-refractivity contribution is -0.163. The van der Waals surface area contributed by atoms with Gasteiger partial charge in [-0.05, 0) is 50.4 Å². The second-order valence-electron chi connectivity index (χ2n) is 5.52. The van der Waals surface area contributed by atoms with E-state index in [1.54, 1.807) is 0 Å². The van der Waals surface area contributed by atoms with Gasteiger partial charge in [-0.25, -0.2) is 0 Å². The quantitative estimate of drug-likeness (QED) is 0.668. The highest BCUT2D eigenvalue weighted by atomic mass is 16.5. The highest BCUT2D eigenvalue weighted by Crippen LogP contribution is 2.58. The highest BCUT2D eigenvalue weighted by molar-refractivity contribution is 5.77. The summed E-state index contributed by atoms with van der Waals surface area (Å²) in [4.78, 5) is 11.8. The van der Waals surface area contributed by atoms with Crippen LogP contribution in [-0.4, -0.2) is 13.1 Å². The Morgan fingerprint density at radius 2 is 1.67 bits per heavy atom. The summed E-state index contributed by atoms with van der Waals surface area (Å²) in [5, 5.41) is 0. The monoisotopic (exact) mass is 210 g/mol. The largest absolute Gasteiger partial charge is 0.469 e. The van der Waals surface area contributed by atoms with Gasteiger partial charge in [0, 0.05) is 0 Å². The number of hydrogen-bond donors (Lipinski definition) is 0. The van der Waals surface area contributed by atoms with Gasteiger partial charge in [0.05, 0.1) is 12.5 Å². The van der Waals surface area contributed by atoms with Crippen LogP contribution in [0.2, 0.25) is 0 Å². The van der Waals surface area contributed by atoms with Gasteiger partial charge in [0.2, 0.25) is 0 Å². The van der Waals surface area contributed by atoms with E-state index in [0.717, 1.165) is 19.3 Å². The van der Waals surface area contributed by atoms with Gasteiger partial charge in [0.1, 0.15) is 0 Å². The second-order valence-corrected chi connectivity index (χ2v) is 5.52. The Morgan fingerprint density at radius 1 is 1.13 bits per heavy atom. The minimum absolute atomic E-state index is 0.0484. The Balaban J connectivity index is 2.07. The van der Waals surface area contributed by atoms with Crippen LogP contribution in [0.5, 0.6) is 0 Å². The fourth-order valence-corrected chi connectivity index (χ4v) is 3.69. The van der Waals surface area contributed by atoms with Crippen molar-refractivity contribution < 1.29 is 9.53 Å². The van der Waals surface area contributed by atoms with Crippen molar-refractivity contribution in [2.45, 2.75) is 58.3 Å². The van der Waals surface area contributed by atoms with Crippen LogP contribution < -0.4 is 0 Å². The molecule has 3 saturated carbocycles. The molecule has 0 N–H and O–H groups in total. The van der Waals surface area contributed by atoms with E-state index in [0.29, 0.717) is 5.41 Å². The first kappa shape index (κ1) is 11.0. The first-order valence-corrected chi connectivity index (χ1v) is 6.25. The number of carbonyl (C=O) groups is 1. The molecule has 0 aromatic heterocycles. The Bertz CT molecular complexity index is 233. The molecular formula is C13H22O2. The fourth-order valence-electron chi connectivity index (χ4n) is 3.69. The predicted octanol–water partition coefficient (Wildman–Crippen LogP) is 3.30. The highest BCUT2D eigenvalue weighted by Gasteiger charge is 2.52. The van der Waals surface area contributed by atoms with Crippen LogP contribution in [0.15, 0.2) is 0 Å². The maximum absolute atomic E-state index is 11.8. The summed E-state index contributed by atoms with van der Waals surface area (Å²) < 4.78 is 4.96. The van der Waals surface area contributed by atoms with E-state index < -0.39 is 0 Å². The molecular weight excluding hydrogens is 188 g/mol. The van der Waals surface area contributed by atoms with Gasteiger partial charge in [-0.2, -0.15) is 0 Å². The molecule has 2 heteroatoms. The molecule has 3 aliphatic carbocycles. The number of esters is 1. The smallest absolute Gasteiger partial charge is 0.311 e. The molecule has 3 aliphatic rings. The van der Waals surface area contributed by atoms with E-state index in [-0.39, 0.29) is 11.4 Å². The molecule has 15 heavy (non-hydrogen) atoms. The number of carbonyl (C=O) groups excluding carboxylic acids is 1. The first-order chi connectivity index (χ1) is 7.16. The topological polar surface area (TPSA) is 26.3 Å². The SMILES string of the molecule is CCCC12CCC(C(=O)OC)(CC1)CC2. The molecule has 0 spiro atoms. The van der Waals surface area contributed by atoms with Crippen molar-refractivity contribution in [1.29, 1.82) is 0 Å². The van der Waals surface area contributed by atoms with Crippen LogP contribution in [-0.2, 0) is 9.53 Å². The van der Waals surface area contributed by atoms with E-state index >= 15 is 0 Å². The molecule has 0 heterocycles. The Morgan fingerprint density at radius 3 is 2.07 bits per heavy atom. The van der Waals surface area contributed by atoms with Crippen molar-refractivity contribution in [2.75, 3.05) is 7.11 Å². The van der Waals surface area contributed by atoms with Crippen molar-refractivity contribution in [3.63, 3.8) is 0 Å². The van der Waals surface area contributed by atoms with Crippen LogP contribution in [0.1, 0.15) is 58.3 Å². The normalized spacial score (nSPS) is 39.1. The van der Waals surface area contributed by atoms with Gasteiger partial charge in [-0.3, -0.25) is 4.79 Å². The molecule has 0 radical (unpaired) electrons. The molecule has 2 bridgehead atoms. The van der Waals surface area contributed by atoms with Crippen molar-refractivity contribution in [3.8, 4) is 0 Å². The van der Waals surface area contributed by atoms with Gasteiger partial charge in [0.25, 0.3) is 0 Å². The van der Waals surface area contributed by atoms with Gasteiger partial charge < -0.3 is 4.74 Å². The zero-order chi connectivity index (χ0) is 10.9. The Hall–Kier alpha value is -0.530. The summed E-state index contributed by atoms with van der Waals surface area (Å²) in [6, 6.07) is 0. The summed E-state index contributed by atoms with van der Waals surface area (Å²) in [7, 11) is 1.53. The van der Waals surface area contributed by atoms with E-state index in [4.69, 9.17) is 4.74 Å². The molecule has 3 fully saturated rings. The standard InChI is InChI=1S/C13H22O2/c1-3-4-12-5-8-13(9-6-12,10-7-12)11(14)15-2/h3-10H2,1-2H3. The van der Waals surface area contributed by atoms with E-state index in [9.17, 15) is 4.79 Å². The minimum atomic E-state index is -0.0930. The third-order valence-electron chi connectivity index (χ3n) is 4.80.